The lowest BCUT2D eigenvalue weighted by atomic mass is 9.75. The molecule has 5 heteroatoms. The van der Waals surface area contributed by atoms with Gasteiger partial charge in [-0.15, -0.1) is 0 Å². The average Bonchev–Trinajstić information content (AvgIpc) is 3.22. The van der Waals surface area contributed by atoms with Crippen LogP contribution in [0.1, 0.15) is 23.4 Å². The summed E-state index contributed by atoms with van der Waals surface area (Å²) in [6.07, 6.45) is 3.98. The summed E-state index contributed by atoms with van der Waals surface area (Å²) in [5.74, 6) is 1.73. The summed E-state index contributed by atoms with van der Waals surface area (Å²) in [7, 11) is 2.19. The maximum absolute atomic E-state index is 12.1. The average molecular weight is 353 g/mol. The van der Waals surface area contributed by atoms with E-state index in [4.69, 9.17) is 4.42 Å². The molecule has 3 fully saturated rings. The molecule has 138 valence electrons. The molecule has 3 aliphatic heterocycles. The molecule has 2 aromatic rings. The lowest BCUT2D eigenvalue weighted by Gasteiger charge is -2.50. The number of rotatable bonds is 6. The molecule has 5 nitrogen and oxygen atoms in total. The summed E-state index contributed by atoms with van der Waals surface area (Å²) in [4.78, 5) is 17.0. The Kier molecular flexibility index (Phi) is 4.98. The fourth-order valence-corrected chi connectivity index (χ4v) is 4.51. The highest BCUT2D eigenvalue weighted by atomic mass is 16.3. The van der Waals surface area contributed by atoms with Crippen molar-refractivity contribution >= 4 is 11.6 Å². The first-order valence-corrected chi connectivity index (χ1v) is 9.52. The van der Waals surface area contributed by atoms with E-state index in [1.54, 1.807) is 12.1 Å². The minimum atomic E-state index is -0.113. The highest BCUT2D eigenvalue weighted by molar-refractivity contribution is 5.91. The minimum absolute atomic E-state index is 0.113. The van der Waals surface area contributed by atoms with Gasteiger partial charge in [0.25, 0.3) is 5.91 Å². The Morgan fingerprint density at radius 2 is 2.12 bits per heavy atom. The van der Waals surface area contributed by atoms with E-state index < -0.39 is 0 Å². The number of nitrogens with one attached hydrogen (secondary N) is 1. The highest BCUT2D eigenvalue weighted by Crippen LogP contribution is 2.36. The van der Waals surface area contributed by atoms with Gasteiger partial charge in [0.2, 0.25) is 0 Å². The number of anilines is 1. The topological polar surface area (TPSA) is 48.7 Å². The molecule has 4 heterocycles. The van der Waals surface area contributed by atoms with Crippen molar-refractivity contribution in [3.8, 4) is 0 Å². The molecule has 0 aliphatic carbocycles. The third-order valence-corrected chi connectivity index (χ3v) is 5.96. The predicted octanol–water partition coefficient (Wildman–Crippen LogP) is 2.86. The molecule has 26 heavy (non-hydrogen) atoms. The van der Waals surface area contributed by atoms with Crippen molar-refractivity contribution in [2.45, 2.75) is 18.9 Å². The third-order valence-electron chi connectivity index (χ3n) is 5.96. The largest absolute Gasteiger partial charge is 0.459 e. The van der Waals surface area contributed by atoms with E-state index in [0.717, 1.165) is 25.6 Å². The third kappa shape index (κ3) is 3.63. The van der Waals surface area contributed by atoms with Crippen LogP contribution in [0.5, 0.6) is 0 Å². The quantitative estimate of drug-likeness (QED) is 0.868. The fourth-order valence-electron chi connectivity index (χ4n) is 4.51. The van der Waals surface area contributed by atoms with Crippen LogP contribution < -0.4 is 10.2 Å². The number of nitrogens with zero attached hydrogens (tertiary/aromatic N) is 2. The van der Waals surface area contributed by atoms with Gasteiger partial charge in [0.1, 0.15) is 0 Å². The number of hydrogen-bond donors (Lipinski definition) is 1. The van der Waals surface area contributed by atoms with Crippen LogP contribution >= 0.6 is 0 Å². The van der Waals surface area contributed by atoms with E-state index in [9.17, 15) is 4.79 Å². The second kappa shape index (κ2) is 7.54. The molecular weight excluding hydrogens is 326 g/mol. The van der Waals surface area contributed by atoms with Crippen molar-refractivity contribution in [3.05, 3.63) is 54.5 Å². The standard InChI is InChI=1S/C21H27N3O2/c1-23(18-6-3-2-4-7-18)14-17-15-24-10-9-16(17)12-19(24)13-22-21(25)20-8-5-11-26-20/h2-8,11,16-17,19H,9-10,12-15H2,1H3,(H,22,25)/t16-,17-,19+/m0/s1. The van der Waals surface area contributed by atoms with Gasteiger partial charge in [-0.25, -0.2) is 0 Å². The number of fused-ring (bicyclic) bond motifs is 3. The number of benzene rings is 1. The van der Waals surface area contributed by atoms with Crippen LogP contribution in [0.2, 0.25) is 0 Å². The summed E-state index contributed by atoms with van der Waals surface area (Å²) in [6.45, 7) is 4.08. The van der Waals surface area contributed by atoms with Gasteiger partial charge in [0.15, 0.2) is 5.76 Å². The minimum Gasteiger partial charge on any atom is -0.459 e. The van der Waals surface area contributed by atoms with Crippen molar-refractivity contribution in [2.24, 2.45) is 11.8 Å². The molecule has 3 aliphatic rings. The Morgan fingerprint density at radius 3 is 2.81 bits per heavy atom. The number of hydrogen-bond acceptors (Lipinski definition) is 4. The van der Waals surface area contributed by atoms with E-state index in [0.29, 0.717) is 24.3 Å². The summed E-state index contributed by atoms with van der Waals surface area (Å²) in [5.41, 5.74) is 1.28. The summed E-state index contributed by atoms with van der Waals surface area (Å²) in [5, 5.41) is 3.04. The van der Waals surface area contributed by atoms with Crippen molar-refractivity contribution in [2.75, 3.05) is 38.1 Å². The first kappa shape index (κ1) is 17.2. The van der Waals surface area contributed by atoms with Crippen LogP contribution in [0.15, 0.2) is 53.1 Å². The van der Waals surface area contributed by atoms with Crippen molar-refractivity contribution in [3.63, 3.8) is 0 Å². The van der Waals surface area contributed by atoms with Gasteiger partial charge in [0.05, 0.1) is 6.26 Å². The van der Waals surface area contributed by atoms with E-state index >= 15 is 0 Å². The molecule has 5 rings (SSSR count). The smallest absolute Gasteiger partial charge is 0.287 e. The van der Waals surface area contributed by atoms with Gasteiger partial charge in [-0.2, -0.15) is 0 Å². The molecule has 1 amide bonds. The zero-order valence-corrected chi connectivity index (χ0v) is 15.3. The molecule has 1 N–H and O–H groups in total. The van der Waals surface area contributed by atoms with Gasteiger partial charge in [0, 0.05) is 38.4 Å². The van der Waals surface area contributed by atoms with Gasteiger partial charge in [-0.1, -0.05) is 18.2 Å². The highest BCUT2D eigenvalue weighted by Gasteiger charge is 2.40. The first-order chi connectivity index (χ1) is 12.7. The second-order valence-electron chi connectivity index (χ2n) is 7.60. The molecule has 1 unspecified atom stereocenters. The normalized spacial score (nSPS) is 27.3. The summed E-state index contributed by atoms with van der Waals surface area (Å²) >= 11 is 0. The molecular formula is C21H27N3O2. The molecule has 0 spiro atoms. The van der Waals surface area contributed by atoms with Crippen molar-refractivity contribution in [1.82, 2.24) is 10.2 Å². The monoisotopic (exact) mass is 353 g/mol. The molecule has 2 bridgehead atoms. The lowest BCUT2D eigenvalue weighted by molar-refractivity contribution is 0.00507. The molecule has 1 aromatic carbocycles. The van der Waals surface area contributed by atoms with Crippen LogP contribution in [0.3, 0.4) is 0 Å². The zero-order chi connectivity index (χ0) is 17.9. The Hall–Kier alpha value is -2.27. The van der Waals surface area contributed by atoms with Crippen LogP contribution in [0, 0.1) is 11.8 Å². The predicted molar refractivity (Wildman–Crippen MR) is 102 cm³/mol. The molecule has 4 atom stereocenters. The van der Waals surface area contributed by atoms with Crippen LogP contribution in [-0.4, -0.2) is 50.1 Å². The van der Waals surface area contributed by atoms with E-state index in [2.05, 4.69) is 52.5 Å². The fraction of sp³-hybridized carbons (Fsp3) is 0.476. The van der Waals surface area contributed by atoms with Crippen molar-refractivity contribution < 1.29 is 9.21 Å². The Morgan fingerprint density at radius 1 is 1.27 bits per heavy atom. The number of carbonyl (C=O) groups is 1. The van der Waals surface area contributed by atoms with Crippen molar-refractivity contribution in [1.29, 1.82) is 0 Å². The van der Waals surface area contributed by atoms with Gasteiger partial charge >= 0.3 is 0 Å². The Balaban J connectivity index is 1.30. The maximum atomic E-state index is 12.1. The molecule has 3 saturated heterocycles. The first-order valence-electron chi connectivity index (χ1n) is 9.52. The maximum Gasteiger partial charge on any atom is 0.287 e. The summed E-state index contributed by atoms with van der Waals surface area (Å²) < 4.78 is 5.17. The van der Waals surface area contributed by atoms with Gasteiger partial charge in [-0.3, -0.25) is 9.69 Å². The number of carbonyl (C=O) groups excluding carboxylic acids is 1. The number of furan rings is 1. The zero-order valence-electron chi connectivity index (χ0n) is 15.3. The Bertz CT molecular complexity index is 716. The van der Waals surface area contributed by atoms with Gasteiger partial charge < -0.3 is 14.6 Å². The lowest BCUT2D eigenvalue weighted by Crippen LogP contribution is -2.58. The summed E-state index contributed by atoms with van der Waals surface area (Å²) in [6, 6.07) is 14.5. The van der Waals surface area contributed by atoms with E-state index in [1.807, 2.05) is 0 Å². The Labute approximate surface area is 155 Å². The molecule has 0 saturated carbocycles. The number of amides is 1. The van der Waals surface area contributed by atoms with Crippen LogP contribution in [0.25, 0.3) is 0 Å². The number of piperidine rings is 3. The van der Waals surface area contributed by atoms with E-state index in [-0.39, 0.29) is 5.91 Å². The second-order valence-corrected chi connectivity index (χ2v) is 7.60. The van der Waals surface area contributed by atoms with E-state index in [1.165, 1.54) is 24.8 Å². The molecule has 0 radical (unpaired) electrons. The number of para-hydroxylation sites is 1. The van der Waals surface area contributed by atoms with Gasteiger partial charge in [-0.05, 0) is 55.5 Å². The SMILES string of the molecule is CN(C[C@H]1CN2CC[C@H]1C[C@@H]2CNC(=O)c1ccco1)c1ccccc1. The molecule has 1 aromatic heterocycles. The van der Waals surface area contributed by atoms with Crippen LogP contribution in [-0.2, 0) is 0 Å². The van der Waals surface area contributed by atoms with Crippen LogP contribution in [0.4, 0.5) is 5.69 Å².